The lowest BCUT2D eigenvalue weighted by Crippen LogP contribution is -2.41. The molecule has 2 aromatic rings. The predicted octanol–water partition coefficient (Wildman–Crippen LogP) is 3.21. The van der Waals surface area contributed by atoms with Gasteiger partial charge >= 0.3 is 5.97 Å². The predicted molar refractivity (Wildman–Crippen MR) is 106 cm³/mol. The molecule has 7 heteroatoms. The number of nitrogens with zero attached hydrogens (tertiary/aromatic N) is 1. The number of esters is 1. The van der Waals surface area contributed by atoms with E-state index in [4.69, 9.17) is 4.74 Å². The third kappa shape index (κ3) is 3.87. The Kier molecular flexibility index (Phi) is 5.55. The Labute approximate surface area is 164 Å². The van der Waals surface area contributed by atoms with Crippen LogP contribution in [0.3, 0.4) is 0 Å². The summed E-state index contributed by atoms with van der Waals surface area (Å²) < 4.78 is 5.97. The summed E-state index contributed by atoms with van der Waals surface area (Å²) in [5, 5.41) is 2.79. The molecule has 1 N–H and O–H groups in total. The molecular weight excluding hydrogens is 447 g/mol. The fraction of sp³-hybridized carbons (Fsp3) is 0.211. The minimum absolute atomic E-state index is 0.156. The summed E-state index contributed by atoms with van der Waals surface area (Å²) in [6.45, 7) is 1.40. The highest BCUT2D eigenvalue weighted by atomic mass is 127. The van der Waals surface area contributed by atoms with E-state index in [9.17, 15) is 14.4 Å². The Bertz CT molecular complexity index is 868. The number of fused-ring (bicyclic) bond motifs is 1. The summed E-state index contributed by atoms with van der Waals surface area (Å²) in [6, 6.07) is 13.7. The monoisotopic (exact) mass is 464 g/mol. The summed E-state index contributed by atoms with van der Waals surface area (Å²) in [5.74, 6) is -1.08. The SMILES string of the molecule is CC1CC(=O)Nc2ccccc2N1C(=O)COC(=O)c1ccccc1I. The zero-order valence-electron chi connectivity index (χ0n) is 14.1. The summed E-state index contributed by atoms with van der Waals surface area (Å²) in [7, 11) is 0. The molecule has 0 aromatic heterocycles. The van der Waals surface area contributed by atoms with Gasteiger partial charge in [0, 0.05) is 16.0 Å². The van der Waals surface area contributed by atoms with Gasteiger partial charge in [-0.1, -0.05) is 24.3 Å². The van der Waals surface area contributed by atoms with E-state index >= 15 is 0 Å². The molecule has 2 amide bonds. The van der Waals surface area contributed by atoms with Gasteiger partial charge in [0.05, 0.1) is 16.9 Å². The lowest BCUT2D eigenvalue weighted by molar-refractivity contribution is -0.122. The van der Waals surface area contributed by atoms with Gasteiger partial charge in [0.1, 0.15) is 0 Å². The van der Waals surface area contributed by atoms with Crippen LogP contribution in [0.15, 0.2) is 48.5 Å². The second-order valence-corrected chi connectivity index (χ2v) is 7.10. The van der Waals surface area contributed by atoms with Crippen LogP contribution in [0, 0.1) is 3.57 Å². The third-order valence-electron chi connectivity index (χ3n) is 4.05. The minimum atomic E-state index is -0.548. The summed E-state index contributed by atoms with van der Waals surface area (Å²) >= 11 is 2.04. The van der Waals surface area contributed by atoms with Crippen molar-refractivity contribution < 1.29 is 19.1 Å². The zero-order chi connectivity index (χ0) is 18.7. The van der Waals surface area contributed by atoms with Crippen molar-refractivity contribution in [3.05, 3.63) is 57.7 Å². The van der Waals surface area contributed by atoms with Gasteiger partial charge in [0.2, 0.25) is 5.91 Å². The van der Waals surface area contributed by atoms with E-state index in [0.29, 0.717) is 16.9 Å². The van der Waals surface area contributed by atoms with Crippen LogP contribution in [-0.2, 0) is 14.3 Å². The highest BCUT2D eigenvalue weighted by Gasteiger charge is 2.30. The summed E-state index contributed by atoms with van der Waals surface area (Å²) in [4.78, 5) is 38.5. The first kappa shape index (κ1) is 18.4. The van der Waals surface area contributed by atoms with Gasteiger partial charge < -0.3 is 15.0 Å². The second-order valence-electron chi connectivity index (χ2n) is 5.94. The standard InChI is InChI=1S/C19H17IN2O4/c1-12-10-17(23)21-15-8-4-5-9-16(15)22(12)18(24)11-26-19(25)13-6-2-3-7-14(13)20/h2-9,12H,10-11H2,1H3,(H,21,23). The largest absolute Gasteiger partial charge is 0.452 e. The molecule has 0 saturated carbocycles. The maximum absolute atomic E-state index is 12.8. The molecule has 0 fully saturated rings. The zero-order valence-corrected chi connectivity index (χ0v) is 16.2. The van der Waals surface area contributed by atoms with Crippen molar-refractivity contribution in [1.29, 1.82) is 0 Å². The quantitative estimate of drug-likeness (QED) is 0.560. The Morgan fingerprint density at radius 3 is 2.65 bits per heavy atom. The molecule has 1 aliphatic heterocycles. The van der Waals surface area contributed by atoms with Crippen molar-refractivity contribution in [2.45, 2.75) is 19.4 Å². The van der Waals surface area contributed by atoms with Crippen LogP contribution in [0.4, 0.5) is 11.4 Å². The van der Waals surface area contributed by atoms with E-state index < -0.39 is 12.6 Å². The van der Waals surface area contributed by atoms with E-state index in [1.165, 1.54) is 4.90 Å². The average Bonchev–Trinajstić information content (AvgIpc) is 2.74. The number of ether oxygens (including phenoxy) is 1. The van der Waals surface area contributed by atoms with Gasteiger partial charge in [-0.2, -0.15) is 0 Å². The molecule has 1 unspecified atom stereocenters. The first-order valence-electron chi connectivity index (χ1n) is 8.10. The van der Waals surface area contributed by atoms with E-state index in [-0.39, 0.29) is 24.3 Å². The summed E-state index contributed by atoms with van der Waals surface area (Å²) in [6.07, 6.45) is 0.172. The van der Waals surface area contributed by atoms with E-state index in [1.54, 1.807) is 49.4 Å². The number of halogens is 1. The van der Waals surface area contributed by atoms with Gasteiger partial charge in [-0.05, 0) is 53.8 Å². The third-order valence-corrected chi connectivity index (χ3v) is 4.99. The highest BCUT2D eigenvalue weighted by Crippen LogP contribution is 2.31. The number of nitrogens with one attached hydrogen (secondary N) is 1. The molecule has 0 saturated heterocycles. The number of benzene rings is 2. The molecule has 1 aliphatic rings. The average molecular weight is 464 g/mol. The number of rotatable bonds is 3. The molecule has 3 rings (SSSR count). The topological polar surface area (TPSA) is 75.7 Å². The van der Waals surface area contributed by atoms with Gasteiger partial charge in [-0.25, -0.2) is 4.79 Å². The molecule has 1 atom stereocenters. The van der Waals surface area contributed by atoms with Gasteiger partial charge in [-0.15, -0.1) is 0 Å². The normalized spacial score (nSPS) is 16.3. The number of para-hydroxylation sites is 2. The summed E-state index contributed by atoms with van der Waals surface area (Å²) in [5.41, 5.74) is 1.59. The van der Waals surface area contributed by atoms with Gasteiger partial charge in [-0.3, -0.25) is 9.59 Å². The number of amides is 2. The molecule has 0 radical (unpaired) electrons. The molecule has 2 aromatic carbocycles. The van der Waals surface area contributed by atoms with Crippen LogP contribution in [0.1, 0.15) is 23.7 Å². The first-order valence-corrected chi connectivity index (χ1v) is 9.18. The van der Waals surface area contributed by atoms with Crippen LogP contribution in [-0.4, -0.2) is 30.4 Å². The maximum atomic E-state index is 12.8. The number of hydrogen-bond acceptors (Lipinski definition) is 4. The number of anilines is 2. The van der Waals surface area contributed by atoms with Crippen LogP contribution >= 0.6 is 22.6 Å². The second kappa shape index (κ2) is 7.86. The number of carbonyl (C=O) groups is 3. The van der Waals surface area contributed by atoms with Crippen molar-refractivity contribution in [2.24, 2.45) is 0 Å². The molecule has 26 heavy (non-hydrogen) atoms. The lowest BCUT2D eigenvalue weighted by atomic mass is 10.1. The van der Waals surface area contributed by atoms with Crippen LogP contribution < -0.4 is 10.2 Å². The Morgan fingerprint density at radius 1 is 1.19 bits per heavy atom. The Morgan fingerprint density at radius 2 is 1.88 bits per heavy atom. The lowest BCUT2D eigenvalue weighted by Gasteiger charge is -2.27. The van der Waals surface area contributed by atoms with Crippen LogP contribution in [0.2, 0.25) is 0 Å². The van der Waals surface area contributed by atoms with Crippen molar-refractivity contribution in [3.63, 3.8) is 0 Å². The van der Waals surface area contributed by atoms with Crippen molar-refractivity contribution >= 4 is 51.7 Å². The molecule has 0 aliphatic carbocycles. The molecule has 0 bridgehead atoms. The van der Waals surface area contributed by atoms with E-state index in [1.807, 2.05) is 28.7 Å². The van der Waals surface area contributed by atoms with Crippen molar-refractivity contribution in [2.75, 3.05) is 16.8 Å². The smallest absolute Gasteiger partial charge is 0.339 e. The fourth-order valence-electron chi connectivity index (χ4n) is 2.87. The van der Waals surface area contributed by atoms with E-state index in [2.05, 4.69) is 5.32 Å². The minimum Gasteiger partial charge on any atom is -0.452 e. The van der Waals surface area contributed by atoms with Crippen molar-refractivity contribution in [1.82, 2.24) is 0 Å². The van der Waals surface area contributed by atoms with Crippen LogP contribution in [0.25, 0.3) is 0 Å². The Hall–Kier alpha value is -2.42. The Balaban J connectivity index is 1.77. The molecular formula is C19H17IN2O4. The van der Waals surface area contributed by atoms with Crippen molar-refractivity contribution in [3.8, 4) is 0 Å². The van der Waals surface area contributed by atoms with E-state index in [0.717, 1.165) is 3.57 Å². The molecule has 0 spiro atoms. The van der Waals surface area contributed by atoms with Gasteiger partial charge in [0.25, 0.3) is 5.91 Å². The van der Waals surface area contributed by atoms with Gasteiger partial charge in [0.15, 0.2) is 6.61 Å². The number of hydrogen-bond donors (Lipinski definition) is 1. The molecule has 6 nitrogen and oxygen atoms in total. The maximum Gasteiger partial charge on any atom is 0.339 e. The fourth-order valence-corrected chi connectivity index (χ4v) is 3.48. The molecule has 1 heterocycles. The molecule has 134 valence electrons. The first-order chi connectivity index (χ1) is 12.5. The number of carbonyl (C=O) groups excluding carboxylic acids is 3. The van der Waals surface area contributed by atoms with Crippen LogP contribution in [0.5, 0.6) is 0 Å². The highest BCUT2D eigenvalue weighted by molar-refractivity contribution is 14.1.